The maximum Gasteiger partial charge on any atom is 0.191 e. The van der Waals surface area contributed by atoms with E-state index in [1.807, 2.05) is 13.0 Å². The zero-order chi connectivity index (χ0) is 18.4. The molecule has 2 aliphatic heterocycles. The fourth-order valence-corrected chi connectivity index (χ4v) is 5.42. The number of hydrogen-bond donors (Lipinski definition) is 2. The van der Waals surface area contributed by atoms with Gasteiger partial charge < -0.3 is 10.6 Å². The van der Waals surface area contributed by atoms with Crippen LogP contribution in [0.4, 0.5) is 0 Å². The first-order valence-electron chi connectivity index (χ1n) is 9.59. The second-order valence-electron chi connectivity index (χ2n) is 7.22. The number of benzene rings is 1. The van der Waals surface area contributed by atoms with E-state index in [0.29, 0.717) is 12.5 Å². The topological polar surface area (TPSA) is 73.8 Å². The summed E-state index contributed by atoms with van der Waals surface area (Å²) in [4.78, 5) is 7.26. The zero-order valence-electron chi connectivity index (χ0n) is 15.9. The summed E-state index contributed by atoms with van der Waals surface area (Å²) in [6.07, 6.45) is 3.03. The fourth-order valence-electron chi connectivity index (χ4n) is 3.75. The van der Waals surface area contributed by atoms with Gasteiger partial charge in [-0.1, -0.05) is 30.3 Å². The molecule has 27 heavy (non-hydrogen) atoms. The highest BCUT2D eigenvalue weighted by molar-refractivity contribution is 14.0. The largest absolute Gasteiger partial charge is 0.357 e. The summed E-state index contributed by atoms with van der Waals surface area (Å²) in [7, 11) is -2.88. The Bertz CT molecular complexity index is 712. The molecule has 0 spiro atoms. The molecule has 2 atom stereocenters. The van der Waals surface area contributed by atoms with Gasteiger partial charge in [-0.3, -0.25) is 9.89 Å². The molecule has 2 aliphatic rings. The van der Waals surface area contributed by atoms with Crippen LogP contribution in [0.25, 0.3) is 0 Å². The van der Waals surface area contributed by atoms with Crippen molar-refractivity contribution in [2.45, 2.75) is 44.8 Å². The number of nitrogens with zero attached hydrogens (tertiary/aromatic N) is 2. The van der Waals surface area contributed by atoms with Gasteiger partial charge in [0.15, 0.2) is 15.8 Å². The van der Waals surface area contributed by atoms with Crippen molar-refractivity contribution in [1.82, 2.24) is 15.5 Å². The summed E-state index contributed by atoms with van der Waals surface area (Å²) in [5.41, 5.74) is 1.34. The lowest BCUT2D eigenvalue weighted by Crippen LogP contribution is -2.44. The molecular weight excluding hydrogens is 475 g/mol. The second-order valence-corrected chi connectivity index (χ2v) is 9.44. The Morgan fingerprint density at radius 1 is 1.26 bits per heavy atom. The van der Waals surface area contributed by atoms with Gasteiger partial charge >= 0.3 is 0 Å². The van der Waals surface area contributed by atoms with E-state index in [4.69, 9.17) is 4.99 Å². The number of sulfone groups is 1. The summed E-state index contributed by atoms with van der Waals surface area (Å²) in [5.74, 6) is 1.22. The van der Waals surface area contributed by atoms with Crippen LogP contribution in [0.5, 0.6) is 0 Å². The highest BCUT2D eigenvalue weighted by Crippen LogP contribution is 2.20. The van der Waals surface area contributed by atoms with Crippen molar-refractivity contribution in [3.05, 3.63) is 35.9 Å². The van der Waals surface area contributed by atoms with E-state index in [-0.39, 0.29) is 41.5 Å². The van der Waals surface area contributed by atoms with Crippen LogP contribution in [0, 0.1) is 0 Å². The Balaban J connectivity index is 0.00000261. The van der Waals surface area contributed by atoms with Crippen molar-refractivity contribution in [2.24, 2.45) is 4.99 Å². The molecule has 0 bridgehead atoms. The molecule has 1 aromatic carbocycles. The van der Waals surface area contributed by atoms with Crippen molar-refractivity contribution >= 4 is 39.8 Å². The SMILES string of the molecule is CCNC(=NCC1CCCN1Cc1ccccc1)NC1CCS(=O)(=O)C1.I. The lowest BCUT2D eigenvalue weighted by molar-refractivity contribution is 0.250. The van der Waals surface area contributed by atoms with E-state index >= 15 is 0 Å². The van der Waals surface area contributed by atoms with Gasteiger partial charge in [0, 0.05) is 25.2 Å². The minimum atomic E-state index is -2.88. The fraction of sp³-hybridized carbons (Fsp3) is 0.632. The molecule has 2 fully saturated rings. The van der Waals surface area contributed by atoms with Gasteiger partial charge in [0.2, 0.25) is 0 Å². The lowest BCUT2D eigenvalue weighted by atomic mass is 10.2. The van der Waals surface area contributed by atoms with E-state index in [9.17, 15) is 8.42 Å². The van der Waals surface area contributed by atoms with Crippen LogP contribution in [0.3, 0.4) is 0 Å². The Kier molecular flexibility index (Phi) is 8.81. The minimum absolute atomic E-state index is 0. The molecule has 2 N–H and O–H groups in total. The van der Waals surface area contributed by atoms with E-state index in [1.165, 1.54) is 12.0 Å². The highest BCUT2D eigenvalue weighted by Gasteiger charge is 2.29. The highest BCUT2D eigenvalue weighted by atomic mass is 127. The van der Waals surface area contributed by atoms with Crippen molar-refractivity contribution in [3.63, 3.8) is 0 Å². The van der Waals surface area contributed by atoms with Crippen molar-refractivity contribution < 1.29 is 8.42 Å². The van der Waals surface area contributed by atoms with Crippen LogP contribution >= 0.6 is 24.0 Å². The van der Waals surface area contributed by atoms with Gasteiger partial charge in [-0.2, -0.15) is 0 Å². The molecule has 6 nitrogen and oxygen atoms in total. The zero-order valence-corrected chi connectivity index (χ0v) is 19.1. The molecule has 2 heterocycles. The molecule has 3 rings (SSSR count). The van der Waals surface area contributed by atoms with Gasteiger partial charge in [-0.05, 0) is 38.3 Å². The first kappa shape index (κ1) is 22.4. The molecule has 0 aromatic heterocycles. The number of hydrogen-bond acceptors (Lipinski definition) is 4. The molecule has 0 aliphatic carbocycles. The molecule has 8 heteroatoms. The molecule has 2 saturated heterocycles. The normalized spacial score (nSPS) is 25.1. The molecule has 152 valence electrons. The first-order chi connectivity index (χ1) is 12.6. The smallest absolute Gasteiger partial charge is 0.191 e. The van der Waals surface area contributed by atoms with Crippen LogP contribution in [-0.2, 0) is 16.4 Å². The van der Waals surface area contributed by atoms with E-state index in [2.05, 4.69) is 39.8 Å². The van der Waals surface area contributed by atoms with Crippen molar-refractivity contribution in [1.29, 1.82) is 0 Å². The van der Waals surface area contributed by atoms with Crippen molar-refractivity contribution in [3.8, 4) is 0 Å². The molecule has 2 unspecified atom stereocenters. The monoisotopic (exact) mass is 506 g/mol. The summed E-state index contributed by atoms with van der Waals surface area (Å²) in [6.45, 7) is 5.61. The summed E-state index contributed by atoms with van der Waals surface area (Å²) >= 11 is 0. The number of likely N-dealkylation sites (tertiary alicyclic amines) is 1. The average molecular weight is 506 g/mol. The predicted molar refractivity (Wildman–Crippen MR) is 121 cm³/mol. The molecule has 1 aromatic rings. The van der Waals surface area contributed by atoms with Crippen molar-refractivity contribution in [2.75, 3.05) is 31.1 Å². The van der Waals surface area contributed by atoms with E-state index in [0.717, 1.165) is 38.6 Å². The van der Waals surface area contributed by atoms with Crippen LogP contribution in [0.2, 0.25) is 0 Å². The maximum atomic E-state index is 11.7. The molecule has 0 saturated carbocycles. The third-order valence-electron chi connectivity index (χ3n) is 5.11. The predicted octanol–water partition coefficient (Wildman–Crippen LogP) is 2.01. The van der Waals surface area contributed by atoms with Gasteiger partial charge in [0.05, 0.1) is 18.1 Å². The van der Waals surface area contributed by atoms with Crippen LogP contribution < -0.4 is 10.6 Å². The standard InChI is InChI=1S/C19H30N4O2S.HI/c1-2-20-19(22-17-10-12-26(24,25)15-17)21-13-18-9-6-11-23(18)14-16-7-4-3-5-8-16;/h3-5,7-8,17-18H,2,6,9-15H2,1H3,(H2,20,21,22);1H. The average Bonchev–Trinajstić information content (AvgIpc) is 3.19. The summed E-state index contributed by atoms with van der Waals surface area (Å²) in [5, 5.41) is 6.55. The Hall–Kier alpha value is -0.870. The lowest BCUT2D eigenvalue weighted by Gasteiger charge is -2.24. The third kappa shape index (κ3) is 6.90. The number of nitrogens with one attached hydrogen (secondary N) is 2. The van der Waals surface area contributed by atoms with Gasteiger partial charge in [-0.25, -0.2) is 8.42 Å². The molecule has 0 amide bonds. The van der Waals surface area contributed by atoms with E-state index in [1.54, 1.807) is 0 Å². The van der Waals surface area contributed by atoms with Crippen LogP contribution in [0.1, 0.15) is 31.7 Å². The number of guanidine groups is 1. The molecule has 0 radical (unpaired) electrons. The van der Waals surface area contributed by atoms with E-state index < -0.39 is 9.84 Å². The Morgan fingerprint density at radius 3 is 2.70 bits per heavy atom. The quantitative estimate of drug-likeness (QED) is 0.351. The van der Waals surface area contributed by atoms with Crippen LogP contribution in [-0.4, -0.2) is 62.5 Å². The summed E-state index contributed by atoms with van der Waals surface area (Å²) < 4.78 is 23.3. The number of aliphatic imine (C=N–C) groups is 1. The Morgan fingerprint density at radius 2 is 2.04 bits per heavy atom. The number of rotatable bonds is 6. The molecular formula is C19H31IN4O2S. The summed E-state index contributed by atoms with van der Waals surface area (Å²) in [6, 6.07) is 11.0. The van der Waals surface area contributed by atoms with Gasteiger partial charge in [0.25, 0.3) is 0 Å². The first-order valence-corrected chi connectivity index (χ1v) is 11.4. The second kappa shape index (κ2) is 10.6. The number of halogens is 1. The van der Waals surface area contributed by atoms with Gasteiger partial charge in [-0.15, -0.1) is 24.0 Å². The van der Waals surface area contributed by atoms with Gasteiger partial charge in [0.1, 0.15) is 0 Å². The van der Waals surface area contributed by atoms with Crippen LogP contribution in [0.15, 0.2) is 35.3 Å². The maximum absolute atomic E-state index is 11.7. The third-order valence-corrected chi connectivity index (χ3v) is 6.87. The Labute approximate surface area is 180 Å². The minimum Gasteiger partial charge on any atom is -0.357 e.